The van der Waals surface area contributed by atoms with E-state index in [0.29, 0.717) is 11.5 Å². The molecule has 0 N–H and O–H groups in total. The van der Waals surface area contributed by atoms with Crippen LogP contribution in [-0.4, -0.2) is 19.1 Å². The highest BCUT2D eigenvalue weighted by atomic mass is 16.3. The van der Waals surface area contributed by atoms with Crippen LogP contribution >= 0.6 is 0 Å². The van der Waals surface area contributed by atoms with Crippen LogP contribution in [0.25, 0.3) is 77.8 Å². The zero-order chi connectivity index (χ0) is 30.6. The molecule has 46 heavy (non-hydrogen) atoms. The molecule has 0 aliphatic heterocycles. The van der Waals surface area contributed by atoms with Gasteiger partial charge in [0.05, 0.1) is 22.8 Å². The molecule has 0 saturated heterocycles. The van der Waals surface area contributed by atoms with Crippen LogP contribution in [0.2, 0.25) is 0 Å². The number of furan rings is 1. The van der Waals surface area contributed by atoms with E-state index in [0.717, 1.165) is 44.4 Å². The minimum absolute atomic E-state index is 0.202. The topological polar surface area (TPSA) is 48.8 Å². The number of nitrogens with zero attached hydrogens (tertiary/aromatic N) is 4. The van der Waals surface area contributed by atoms with E-state index in [1.165, 1.54) is 33.0 Å². The van der Waals surface area contributed by atoms with E-state index in [1.54, 1.807) is 6.26 Å². The van der Waals surface area contributed by atoms with Gasteiger partial charge in [0, 0.05) is 45.1 Å². The Kier molecular flexibility index (Phi) is 5.00. The summed E-state index contributed by atoms with van der Waals surface area (Å²) in [5, 5.41) is 3.48. The summed E-state index contributed by atoms with van der Waals surface area (Å²) in [6.07, 6.45) is 3.87. The molecule has 5 aromatic carbocycles. The Balaban J connectivity index is 1.29. The molecule has 5 heteroatoms. The fourth-order valence-corrected chi connectivity index (χ4v) is 7.88. The number of aromatic nitrogens is 4. The SMILES string of the molecule is CC1(C)c2ccccc2-c2cccc(-c3nc(-n4c5ccccc5c5ccc6c(ccn6-c6ccccc6)c54)nc4ccoc34)c21. The van der Waals surface area contributed by atoms with Crippen LogP contribution in [0.15, 0.2) is 138 Å². The largest absolute Gasteiger partial charge is 0.460 e. The third-order valence-electron chi connectivity index (χ3n) is 9.86. The lowest BCUT2D eigenvalue weighted by Gasteiger charge is -2.24. The van der Waals surface area contributed by atoms with E-state index in [4.69, 9.17) is 14.4 Å². The van der Waals surface area contributed by atoms with Crippen molar-refractivity contribution in [1.82, 2.24) is 19.1 Å². The number of para-hydroxylation sites is 2. The Bertz CT molecular complexity index is 2670. The number of hydrogen-bond donors (Lipinski definition) is 0. The molecule has 4 aromatic heterocycles. The molecule has 0 amide bonds. The third kappa shape index (κ3) is 3.29. The Hall–Kier alpha value is -5.94. The molecule has 1 aliphatic carbocycles. The van der Waals surface area contributed by atoms with Crippen LogP contribution in [0.4, 0.5) is 0 Å². The minimum Gasteiger partial charge on any atom is -0.460 e. The van der Waals surface area contributed by atoms with Crippen molar-refractivity contribution in [2.75, 3.05) is 0 Å². The van der Waals surface area contributed by atoms with Crippen molar-refractivity contribution in [2.24, 2.45) is 0 Å². The maximum absolute atomic E-state index is 6.14. The van der Waals surface area contributed by atoms with Crippen molar-refractivity contribution in [3.05, 3.63) is 145 Å². The summed E-state index contributed by atoms with van der Waals surface area (Å²) in [6, 6.07) is 42.9. The number of benzene rings is 5. The van der Waals surface area contributed by atoms with Crippen LogP contribution < -0.4 is 0 Å². The first-order chi connectivity index (χ1) is 22.6. The molecule has 0 fully saturated rings. The van der Waals surface area contributed by atoms with E-state index in [-0.39, 0.29) is 5.41 Å². The fourth-order valence-electron chi connectivity index (χ4n) is 7.88. The van der Waals surface area contributed by atoms with E-state index in [9.17, 15) is 0 Å². The molecule has 0 spiro atoms. The van der Waals surface area contributed by atoms with Gasteiger partial charge in [0.25, 0.3) is 0 Å². The molecule has 218 valence electrons. The zero-order valence-corrected chi connectivity index (χ0v) is 25.4. The molecular weight excluding hydrogens is 564 g/mol. The average molecular weight is 593 g/mol. The summed E-state index contributed by atoms with van der Waals surface area (Å²) < 4.78 is 10.6. The number of rotatable bonds is 3. The van der Waals surface area contributed by atoms with Gasteiger partial charge in [-0.15, -0.1) is 0 Å². The van der Waals surface area contributed by atoms with Crippen LogP contribution in [0, 0.1) is 0 Å². The van der Waals surface area contributed by atoms with E-state index < -0.39 is 0 Å². The Morgan fingerprint density at radius 1 is 0.609 bits per heavy atom. The molecule has 0 atom stereocenters. The van der Waals surface area contributed by atoms with E-state index in [1.807, 2.05) is 12.1 Å². The molecule has 0 saturated carbocycles. The highest BCUT2D eigenvalue weighted by Crippen LogP contribution is 2.52. The number of fused-ring (bicyclic) bond motifs is 9. The lowest BCUT2D eigenvalue weighted by molar-refractivity contribution is 0.614. The summed E-state index contributed by atoms with van der Waals surface area (Å²) in [6.45, 7) is 4.62. The summed E-state index contributed by atoms with van der Waals surface area (Å²) in [5.74, 6) is 0.626. The van der Waals surface area contributed by atoms with Crippen LogP contribution in [-0.2, 0) is 5.41 Å². The van der Waals surface area contributed by atoms with Gasteiger partial charge in [-0.3, -0.25) is 4.57 Å². The lowest BCUT2D eigenvalue weighted by Crippen LogP contribution is -2.16. The van der Waals surface area contributed by atoms with Crippen LogP contribution in [0.3, 0.4) is 0 Å². The standard InChI is InChI=1S/C41H28N4O/c1-41(2)32-17-8-6-13-26(32)28-15-10-16-31(36(28)41)37-39-33(22-24-46-39)42-40(43-37)45-35-18-9-7-14-27(35)29-19-20-34-30(38(29)45)21-23-44(34)25-11-4-3-5-12-25/h3-24H,1-2H3. The van der Waals surface area contributed by atoms with Gasteiger partial charge >= 0.3 is 0 Å². The summed E-state index contributed by atoms with van der Waals surface area (Å²) >= 11 is 0. The molecule has 0 unspecified atom stereocenters. The quantitative estimate of drug-likeness (QED) is 0.205. The van der Waals surface area contributed by atoms with Crippen LogP contribution in [0.5, 0.6) is 0 Å². The molecule has 0 bridgehead atoms. The van der Waals surface area contributed by atoms with Crippen molar-refractivity contribution in [1.29, 1.82) is 0 Å². The van der Waals surface area contributed by atoms with Gasteiger partial charge in [-0.1, -0.05) is 98.8 Å². The van der Waals surface area contributed by atoms with Crippen molar-refractivity contribution in [2.45, 2.75) is 19.3 Å². The monoisotopic (exact) mass is 592 g/mol. The predicted molar refractivity (Wildman–Crippen MR) is 186 cm³/mol. The van der Waals surface area contributed by atoms with Gasteiger partial charge in [-0.2, -0.15) is 0 Å². The highest BCUT2D eigenvalue weighted by Gasteiger charge is 2.38. The van der Waals surface area contributed by atoms with E-state index in [2.05, 4.69) is 138 Å². The Morgan fingerprint density at radius 3 is 2.30 bits per heavy atom. The molecule has 4 heterocycles. The first-order valence-electron chi connectivity index (χ1n) is 15.7. The second kappa shape index (κ2) is 9.05. The van der Waals surface area contributed by atoms with Crippen molar-refractivity contribution >= 4 is 43.8 Å². The summed E-state index contributed by atoms with van der Waals surface area (Å²) in [4.78, 5) is 10.6. The molecule has 10 rings (SSSR count). The molecular formula is C41H28N4O. The Labute approximate surface area is 265 Å². The van der Waals surface area contributed by atoms with Gasteiger partial charge in [0.15, 0.2) is 5.58 Å². The first-order valence-corrected chi connectivity index (χ1v) is 15.7. The average Bonchev–Trinajstić information content (AvgIpc) is 3.87. The van der Waals surface area contributed by atoms with Gasteiger partial charge < -0.3 is 8.98 Å². The number of hydrogen-bond acceptors (Lipinski definition) is 3. The lowest BCUT2D eigenvalue weighted by atomic mass is 9.79. The summed E-state index contributed by atoms with van der Waals surface area (Å²) in [5.41, 5.74) is 12.7. The van der Waals surface area contributed by atoms with Crippen molar-refractivity contribution in [3.8, 4) is 34.0 Å². The normalized spacial score (nSPS) is 13.6. The zero-order valence-electron chi connectivity index (χ0n) is 25.4. The van der Waals surface area contributed by atoms with Gasteiger partial charge in [0.2, 0.25) is 5.95 Å². The van der Waals surface area contributed by atoms with Gasteiger partial charge in [-0.25, -0.2) is 9.97 Å². The molecule has 9 aromatic rings. The summed E-state index contributed by atoms with van der Waals surface area (Å²) in [7, 11) is 0. The predicted octanol–water partition coefficient (Wildman–Crippen LogP) is 10.2. The first kappa shape index (κ1) is 25.4. The Morgan fingerprint density at radius 2 is 1.39 bits per heavy atom. The van der Waals surface area contributed by atoms with Crippen molar-refractivity contribution < 1.29 is 4.42 Å². The highest BCUT2D eigenvalue weighted by molar-refractivity contribution is 6.18. The molecule has 1 aliphatic rings. The van der Waals surface area contributed by atoms with E-state index >= 15 is 0 Å². The second-order valence-electron chi connectivity index (χ2n) is 12.7. The minimum atomic E-state index is -0.202. The fraction of sp³-hybridized carbons (Fsp3) is 0.0732. The van der Waals surface area contributed by atoms with Gasteiger partial charge in [-0.05, 0) is 52.6 Å². The molecule has 5 nitrogen and oxygen atoms in total. The third-order valence-corrected chi connectivity index (χ3v) is 9.86. The molecule has 0 radical (unpaired) electrons. The second-order valence-corrected chi connectivity index (χ2v) is 12.7. The van der Waals surface area contributed by atoms with Gasteiger partial charge in [0.1, 0.15) is 11.2 Å². The van der Waals surface area contributed by atoms with Crippen molar-refractivity contribution in [3.63, 3.8) is 0 Å². The van der Waals surface area contributed by atoms with Crippen LogP contribution in [0.1, 0.15) is 25.0 Å². The maximum atomic E-state index is 6.14. The maximum Gasteiger partial charge on any atom is 0.236 e. The smallest absolute Gasteiger partial charge is 0.236 e.